The molecule has 0 heterocycles. The molecule has 0 spiro atoms. The molecule has 0 atom stereocenters. The van der Waals surface area contributed by atoms with Gasteiger partial charge >= 0.3 is 0 Å². The summed E-state index contributed by atoms with van der Waals surface area (Å²) in [5.74, 6) is 1.31. The van der Waals surface area contributed by atoms with Crippen molar-refractivity contribution >= 4 is 11.8 Å². The third kappa shape index (κ3) is 6.49. The molecular weight excluding hydrogens is 250 g/mol. The summed E-state index contributed by atoms with van der Waals surface area (Å²) in [5, 5.41) is 3.57. The van der Waals surface area contributed by atoms with Crippen molar-refractivity contribution in [2.75, 3.05) is 18.6 Å². The summed E-state index contributed by atoms with van der Waals surface area (Å²) in [6.07, 6.45) is 7.60. The fraction of sp³-hybridized carbons (Fsp3) is 0.647. The molecule has 0 amide bonds. The molecule has 0 aliphatic rings. The van der Waals surface area contributed by atoms with Gasteiger partial charge in [-0.15, -0.1) is 0 Å². The van der Waals surface area contributed by atoms with Crippen LogP contribution in [-0.4, -0.2) is 18.6 Å². The molecule has 0 aliphatic carbocycles. The summed E-state index contributed by atoms with van der Waals surface area (Å²) in [6, 6.07) is 4.63. The zero-order valence-corrected chi connectivity index (χ0v) is 13.8. The van der Waals surface area contributed by atoms with Crippen molar-refractivity contribution in [2.45, 2.75) is 53.0 Å². The molecule has 0 aromatic heterocycles. The predicted molar refractivity (Wildman–Crippen MR) is 89.2 cm³/mol. The molecule has 1 nitrogen and oxygen atoms in total. The van der Waals surface area contributed by atoms with Gasteiger partial charge in [-0.05, 0) is 74.4 Å². The first-order valence-corrected chi connectivity index (χ1v) is 8.81. The molecule has 1 N–H and O–H groups in total. The molecule has 1 aromatic carbocycles. The van der Waals surface area contributed by atoms with E-state index in [-0.39, 0.29) is 0 Å². The lowest BCUT2D eigenvalue weighted by Crippen LogP contribution is -2.15. The monoisotopic (exact) mass is 279 g/mol. The van der Waals surface area contributed by atoms with Gasteiger partial charge in [0.05, 0.1) is 0 Å². The molecule has 1 rings (SSSR count). The van der Waals surface area contributed by atoms with E-state index in [9.17, 15) is 0 Å². The van der Waals surface area contributed by atoms with E-state index < -0.39 is 0 Å². The Hall–Kier alpha value is -0.470. The molecule has 19 heavy (non-hydrogen) atoms. The van der Waals surface area contributed by atoms with Crippen LogP contribution in [0.3, 0.4) is 0 Å². The number of hydrogen-bond acceptors (Lipinski definition) is 2. The minimum Gasteiger partial charge on any atom is -0.313 e. The van der Waals surface area contributed by atoms with Gasteiger partial charge < -0.3 is 5.32 Å². The van der Waals surface area contributed by atoms with E-state index in [0.29, 0.717) is 0 Å². The van der Waals surface area contributed by atoms with Crippen LogP contribution in [-0.2, 0) is 6.54 Å². The molecule has 2 heteroatoms. The molecule has 0 radical (unpaired) electrons. The van der Waals surface area contributed by atoms with Crippen LogP contribution in [0.15, 0.2) is 12.1 Å². The van der Waals surface area contributed by atoms with Crippen molar-refractivity contribution in [1.29, 1.82) is 0 Å². The maximum absolute atomic E-state index is 3.57. The van der Waals surface area contributed by atoms with E-state index in [1.54, 1.807) is 0 Å². The Bertz CT molecular complexity index is 374. The van der Waals surface area contributed by atoms with Gasteiger partial charge in [0.1, 0.15) is 0 Å². The minimum atomic E-state index is 1.01. The van der Waals surface area contributed by atoms with Crippen LogP contribution in [0.2, 0.25) is 0 Å². The SMILES string of the molecule is CSCCCCCCNCc1cc(C)c(C)cc1C. The second kappa shape index (κ2) is 9.44. The highest BCUT2D eigenvalue weighted by molar-refractivity contribution is 7.98. The minimum absolute atomic E-state index is 1.01. The van der Waals surface area contributed by atoms with E-state index in [1.807, 2.05) is 11.8 Å². The van der Waals surface area contributed by atoms with Crippen molar-refractivity contribution in [3.8, 4) is 0 Å². The third-order valence-electron chi connectivity index (χ3n) is 3.72. The van der Waals surface area contributed by atoms with E-state index >= 15 is 0 Å². The van der Waals surface area contributed by atoms with Crippen LogP contribution in [0.1, 0.15) is 47.9 Å². The van der Waals surface area contributed by atoms with Crippen molar-refractivity contribution in [3.63, 3.8) is 0 Å². The van der Waals surface area contributed by atoms with Crippen LogP contribution in [0.25, 0.3) is 0 Å². The fourth-order valence-corrected chi connectivity index (χ4v) is 2.78. The van der Waals surface area contributed by atoms with Crippen molar-refractivity contribution in [2.24, 2.45) is 0 Å². The Morgan fingerprint density at radius 3 is 2.32 bits per heavy atom. The first-order chi connectivity index (χ1) is 9.15. The zero-order valence-electron chi connectivity index (χ0n) is 13.0. The lowest BCUT2D eigenvalue weighted by Gasteiger charge is -2.11. The number of unbranched alkanes of at least 4 members (excludes halogenated alkanes) is 3. The molecule has 1 aromatic rings. The third-order valence-corrected chi connectivity index (χ3v) is 4.42. The average Bonchev–Trinajstić information content (AvgIpc) is 2.38. The molecule has 108 valence electrons. The van der Waals surface area contributed by atoms with Crippen LogP contribution in [0.5, 0.6) is 0 Å². The largest absolute Gasteiger partial charge is 0.313 e. The Labute approximate surface area is 123 Å². The Morgan fingerprint density at radius 1 is 0.895 bits per heavy atom. The van der Waals surface area contributed by atoms with Crippen LogP contribution in [0, 0.1) is 20.8 Å². The Kier molecular flexibility index (Phi) is 8.24. The van der Waals surface area contributed by atoms with Crippen molar-refractivity contribution in [1.82, 2.24) is 5.32 Å². The van der Waals surface area contributed by atoms with E-state index in [0.717, 1.165) is 13.1 Å². The summed E-state index contributed by atoms with van der Waals surface area (Å²) in [7, 11) is 0. The second-order valence-corrected chi connectivity index (χ2v) is 6.43. The van der Waals surface area contributed by atoms with Crippen molar-refractivity contribution in [3.05, 3.63) is 34.4 Å². The van der Waals surface area contributed by atoms with Crippen LogP contribution in [0.4, 0.5) is 0 Å². The van der Waals surface area contributed by atoms with Crippen molar-refractivity contribution < 1.29 is 0 Å². The molecular formula is C17H29NS. The molecule has 0 unspecified atom stereocenters. The van der Waals surface area contributed by atoms with Gasteiger partial charge in [-0.3, -0.25) is 0 Å². The Morgan fingerprint density at radius 2 is 1.58 bits per heavy atom. The smallest absolute Gasteiger partial charge is 0.0208 e. The predicted octanol–water partition coefficient (Wildman–Crippen LogP) is 4.62. The summed E-state index contributed by atoms with van der Waals surface area (Å²) in [5.41, 5.74) is 5.66. The standard InChI is InChI=1S/C17H29NS/c1-14-11-16(3)17(12-15(14)2)13-18-9-7-5-6-8-10-19-4/h11-12,18H,5-10,13H2,1-4H3. The van der Waals surface area contributed by atoms with Gasteiger partial charge in [0.2, 0.25) is 0 Å². The summed E-state index contributed by atoms with van der Waals surface area (Å²) < 4.78 is 0. The number of thioether (sulfide) groups is 1. The van der Waals surface area contributed by atoms with Gasteiger partial charge in [0.15, 0.2) is 0 Å². The van der Waals surface area contributed by atoms with E-state index in [4.69, 9.17) is 0 Å². The second-order valence-electron chi connectivity index (χ2n) is 5.45. The zero-order chi connectivity index (χ0) is 14.1. The van der Waals surface area contributed by atoms with E-state index in [1.165, 1.54) is 53.7 Å². The van der Waals surface area contributed by atoms with Gasteiger partial charge in [0.25, 0.3) is 0 Å². The van der Waals surface area contributed by atoms with Gasteiger partial charge in [-0.1, -0.05) is 25.0 Å². The van der Waals surface area contributed by atoms with Crippen LogP contribution >= 0.6 is 11.8 Å². The molecule has 0 bridgehead atoms. The maximum Gasteiger partial charge on any atom is 0.0208 e. The fourth-order valence-electron chi connectivity index (χ4n) is 2.28. The number of rotatable bonds is 9. The van der Waals surface area contributed by atoms with Gasteiger partial charge in [-0.25, -0.2) is 0 Å². The number of hydrogen-bond donors (Lipinski definition) is 1. The topological polar surface area (TPSA) is 12.0 Å². The average molecular weight is 279 g/mol. The lowest BCUT2D eigenvalue weighted by atomic mass is 10.0. The number of aryl methyl sites for hydroxylation is 3. The lowest BCUT2D eigenvalue weighted by molar-refractivity contribution is 0.598. The number of nitrogens with one attached hydrogen (secondary N) is 1. The summed E-state index contributed by atoms with van der Waals surface area (Å²) in [4.78, 5) is 0. The highest BCUT2D eigenvalue weighted by Crippen LogP contribution is 2.15. The maximum atomic E-state index is 3.57. The highest BCUT2D eigenvalue weighted by atomic mass is 32.2. The summed E-state index contributed by atoms with van der Waals surface area (Å²) >= 11 is 1.96. The number of benzene rings is 1. The van der Waals surface area contributed by atoms with E-state index in [2.05, 4.69) is 44.5 Å². The summed E-state index contributed by atoms with van der Waals surface area (Å²) in [6.45, 7) is 8.76. The Balaban J connectivity index is 2.17. The van der Waals surface area contributed by atoms with Gasteiger partial charge in [0, 0.05) is 6.54 Å². The normalized spacial score (nSPS) is 10.9. The highest BCUT2D eigenvalue weighted by Gasteiger charge is 2.01. The quantitative estimate of drug-likeness (QED) is 0.662. The molecule has 0 saturated heterocycles. The first kappa shape index (κ1) is 16.6. The van der Waals surface area contributed by atoms with Crippen LogP contribution < -0.4 is 5.32 Å². The first-order valence-electron chi connectivity index (χ1n) is 7.41. The molecule has 0 aliphatic heterocycles. The molecule has 0 fully saturated rings. The molecule has 0 saturated carbocycles. The van der Waals surface area contributed by atoms with Gasteiger partial charge in [-0.2, -0.15) is 11.8 Å².